The molecule has 0 radical (unpaired) electrons. The number of pyridine rings is 1. The third kappa shape index (κ3) is 5.14. The van der Waals surface area contributed by atoms with E-state index in [-0.39, 0.29) is 52.6 Å². The van der Waals surface area contributed by atoms with Gasteiger partial charge in [-0.05, 0) is 49.5 Å². The number of ether oxygens (including phenoxy) is 2. The van der Waals surface area contributed by atoms with E-state index < -0.39 is 34.4 Å². The molecule has 7 nitrogen and oxygen atoms in total. The molecular formula is C26H27F5N4O3S. The van der Waals surface area contributed by atoms with Crippen molar-refractivity contribution < 1.29 is 36.5 Å². The van der Waals surface area contributed by atoms with Crippen LogP contribution in [-0.2, 0) is 10.2 Å². The summed E-state index contributed by atoms with van der Waals surface area (Å²) < 4.78 is 83.1. The van der Waals surface area contributed by atoms with Crippen molar-refractivity contribution in [3.63, 3.8) is 0 Å². The molecule has 2 fully saturated rings. The minimum atomic E-state index is -4.51. The summed E-state index contributed by atoms with van der Waals surface area (Å²) in [7, 11) is 0. The van der Waals surface area contributed by atoms with Crippen LogP contribution in [0.4, 0.5) is 27.6 Å². The largest absolute Gasteiger partial charge is 0.450 e. The number of anilines is 1. The van der Waals surface area contributed by atoms with Crippen LogP contribution < -0.4 is 15.4 Å². The minimum Gasteiger partial charge on any atom is -0.450 e. The number of hydrogen-bond donors (Lipinski definition) is 4. The summed E-state index contributed by atoms with van der Waals surface area (Å²) in [6.07, 6.45) is -0.479. The van der Waals surface area contributed by atoms with Crippen LogP contribution in [0.3, 0.4) is 0 Å². The topological polar surface area (TPSA) is 91.4 Å². The highest BCUT2D eigenvalue weighted by Crippen LogP contribution is 2.57. The third-order valence-electron chi connectivity index (χ3n) is 7.78. The molecule has 39 heavy (non-hydrogen) atoms. The third-order valence-corrected chi connectivity index (χ3v) is 8.03. The molecule has 0 atom stereocenters. The zero-order valence-corrected chi connectivity index (χ0v) is 21.6. The maximum absolute atomic E-state index is 15.0. The van der Waals surface area contributed by atoms with E-state index in [1.54, 1.807) is 0 Å². The van der Waals surface area contributed by atoms with Gasteiger partial charge in [0.25, 0.3) is 0 Å². The lowest BCUT2D eigenvalue weighted by molar-refractivity contribution is -0.212. The molecule has 13 heteroatoms. The lowest BCUT2D eigenvalue weighted by Crippen LogP contribution is -2.47. The van der Waals surface area contributed by atoms with Gasteiger partial charge in [-0.25, -0.2) is 13.8 Å². The highest BCUT2D eigenvalue weighted by Gasteiger charge is 2.60. The summed E-state index contributed by atoms with van der Waals surface area (Å²) >= 11 is 5.25. The van der Waals surface area contributed by atoms with E-state index in [1.165, 1.54) is 18.5 Å². The first-order valence-electron chi connectivity index (χ1n) is 12.5. The van der Waals surface area contributed by atoms with Gasteiger partial charge in [-0.15, -0.1) is 0 Å². The van der Waals surface area contributed by atoms with Crippen LogP contribution in [0.25, 0.3) is 11.0 Å². The van der Waals surface area contributed by atoms with Crippen molar-refractivity contribution in [1.82, 2.24) is 15.3 Å². The monoisotopic (exact) mass is 570 g/mol. The Morgan fingerprint density at radius 2 is 1.85 bits per heavy atom. The molecule has 3 heterocycles. The Morgan fingerprint density at radius 3 is 2.44 bits per heavy atom. The van der Waals surface area contributed by atoms with Crippen molar-refractivity contribution >= 4 is 34.1 Å². The number of aliphatic hydroxyl groups is 1. The Morgan fingerprint density at radius 1 is 1.15 bits per heavy atom. The fraction of sp³-hybridized carbons (Fsp3) is 0.462. The average molecular weight is 571 g/mol. The van der Waals surface area contributed by atoms with Crippen molar-refractivity contribution in [3.05, 3.63) is 47.8 Å². The molecule has 0 amide bonds. The molecule has 1 saturated heterocycles. The molecule has 1 saturated carbocycles. The lowest BCUT2D eigenvalue weighted by atomic mass is 9.64. The Labute approximate surface area is 226 Å². The van der Waals surface area contributed by atoms with Gasteiger partial charge >= 0.3 is 6.18 Å². The van der Waals surface area contributed by atoms with Gasteiger partial charge in [0.05, 0.1) is 17.4 Å². The summed E-state index contributed by atoms with van der Waals surface area (Å²) in [5.41, 5.74) is -2.40. The van der Waals surface area contributed by atoms with E-state index in [0.717, 1.165) is 12.1 Å². The second kappa shape index (κ2) is 10.5. The normalized spacial score (nSPS) is 18.4. The molecule has 3 aromatic rings. The van der Waals surface area contributed by atoms with Crippen molar-refractivity contribution in [2.75, 3.05) is 31.7 Å². The van der Waals surface area contributed by atoms with Gasteiger partial charge in [-0.3, -0.25) is 0 Å². The predicted molar refractivity (Wildman–Crippen MR) is 138 cm³/mol. The fourth-order valence-corrected chi connectivity index (χ4v) is 5.39. The highest BCUT2D eigenvalue weighted by atomic mass is 32.1. The zero-order chi connectivity index (χ0) is 27.8. The standard InChI is InChI=1S/C26H27F5N4O3S/c27-17-10-15(35-23(39)34-13-24(14-36)5-8-37-9-6-24)11-18(28)21(17)38-19-2-7-32-22-20(19)16(12-33-22)25(3-1-4-25)26(29,30)31/h2,7,10-12,36H,1,3-6,8-9,13-14H2,(H,32,33)(H2,34,35,39). The molecule has 0 unspecified atom stereocenters. The number of H-pyrrole nitrogens is 1. The van der Waals surface area contributed by atoms with Crippen molar-refractivity contribution in [2.45, 2.75) is 43.7 Å². The van der Waals surface area contributed by atoms with E-state index in [4.69, 9.17) is 21.7 Å². The number of nitrogens with zero attached hydrogens (tertiary/aromatic N) is 1. The molecule has 1 aliphatic carbocycles. The summed E-state index contributed by atoms with van der Waals surface area (Å²) in [6.45, 7) is 1.33. The van der Waals surface area contributed by atoms with Gasteiger partial charge in [0.2, 0.25) is 0 Å². The number of rotatable bonds is 7. The van der Waals surface area contributed by atoms with Gasteiger partial charge in [0.1, 0.15) is 11.4 Å². The number of aliphatic hydroxyl groups excluding tert-OH is 1. The van der Waals surface area contributed by atoms with E-state index in [0.29, 0.717) is 39.0 Å². The Bertz CT molecular complexity index is 1350. The maximum Gasteiger partial charge on any atom is 0.398 e. The number of halogens is 5. The molecule has 0 spiro atoms. The van der Waals surface area contributed by atoms with Crippen LogP contribution in [0.2, 0.25) is 0 Å². The first kappa shape index (κ1) is 27.5. The quantitative estimate of drug-likeness (QED) is 0.214. The molecule has 5 rings (SSSR count). The predicted octanol–water partition coefficient (Wildman–Crippen LogP) is 5.69. The zero-order valence-electron chi connectivity index (χ0n) is 20.8. The van der Waals surface area contributed by atoms with Crippen LogP contribution in [0.1, 0.15) is 37.7 Å². The summed E-state index contributed by atoms with van der Waals surface area (Å²) in [5, 5.41) is 15.6. The van der Waals surface area contributed by atoms with Crippen LogP contribution in [0.5, 0.6) is 11.5 Å². The van der Waals surface area contributed by atoms with Crippen molar-refractivity contribution in [3.8, 4) is 11.5 Å². The van der Waals surface area contributed by atoms with Crippen molar-refractivity contribution in [1.29, 1.82) is 0 Å². The second-order valence-electron chi connectivity index (χ2n) is 10.1. The molecule has 210 valence electrons. The van der Waals surface area contributed by atoms with E-state index in [9.17, 15) is 18.3 Å². The lowest BCUT2D eigenvalue weighted by Gasteiger charge is -2.43. The van der Waals surface area contributed by atoms with Crippen LogP contribution in [0.15, 0.2) is 30.6 Å². The smallest absolute Gasteiger partial charge is 0.398 e. The number of aromatic nitrogens is 2. The Hall–Kier alpha value is -3.03. The number of aromatic amines is 1. The highest BCUT2D eigenvalue weighted by molar-refractivity contribution is 7.80. The average Bonchev–Trinajstić information content (AvgIpc) is 3.29. The number of thiocarbonyl (C=S) groups is 1. The maximum atomic E-state index is 15.0. The molecule has 2 aromatic heterocycles. The van der Waals surface area contributed by atoms with E-state index >= 15 is 8.78 Å². The van der Waals surface area contributed by atoms with Crippen LogP contribution in [-0.4, -0.2) is 52.7 Å². The summed E-state index contributed by atoms with van der Waals surface area (Å²) in [6, 6.07) is 3.23. The van der Waals surface area contributed by atoms with Gasteiger partial charge in [-0.2, -0.15) is 13.2 Å². The Kier molecular flexibility index (Phi) is 7.42. The van der Waals surface area contributed by atoms with Gasteiger partial charge in [0, 0.05) is 55.4 Å². The SMILES string of the molecule is OCC1(CNC(=S)Nc2cc(F)c(Oc3ccnc4[nH]cc(C5(C(F)(F)F)CCC5)c34)c(F)c2)CCOCC1. The second-order valence-corrected chi connectivity index (χ2v) is 10.5. The van der Waals surface area contributed by atoms with Gasteiger partial charge in [0.15, 0.2) is 22.5 Å². The van der Waals surface area contributed by atoms with Gasteiger partial charge < -0.3 is 30.2 Å². The molecular weight excluding hydrogens is 543 g/mol. The number of alkyl halides is 3. The van der Waals surface area contributed by atoms with Crippen molar-refractivity contribution in [2.24, 2.45) is 5.41 Å². The molecule has 0 bridgehead atoms. The van der Waals surface area contributed by atoms with Gasteiger partial charge in [-0.1, -0.05) is 6.42 Å². The summed E-state index contributed by atoms with van der Waals surface area (Å²) in [4.78, 5) is 6.80. The molecule has 2 aliphatic rings. The molecule has 1 aliphatic heterocycles. The first-order valence-corrected chi connectivity index (χ1v) is 12.9. The molecule has 1 aromatic carbocycles. The number of benzene rings is 1. The summed E-state index contributed by atoms with van der Waals surface area (Å²) in [5.74, 6) is -3.07. The van der Waals surface area contributed by atoms with E-state index in [2.05, 4.69) is 20.6 Å². The number of fused-ring (bicyclic) bond motifs is 1. The first-order chi connectivity index (χ1) is 18.6. The van der Waals surface area contributed by atoms with E-state index in [1.807, 2.05) is 0 Å². The van der Waals surface area contributed by atoms with Crippen LogP contribution >= 0.6 is 12.2 Å². The minimum absolute atomic E-state index is 0.00702. The van der Waals surface area contributed by atoms with Crippen LogP contribution in [0, 0.1) is 17.0 Å². The molecule has 4 N–H and O–H groups in total. The number of hydrogen-bond acceptors (Lipinski definition) is 5. The number of nitrogens with one attached hydrogen (secondary N) is 3. The Balaban J connectivity index is 1.35. The fourth-order valence-electron chi connectivity index (χ4n) is 5.20.